The maximum absolute atomic E-state index is 12.8. The summed E-state index contributed by atoms with van der Waals surface area (Å²) in [7, 11) is 3.78. The molecule has 0 unspecified atom stereocenters. The third kappa shape index (κ3) is 3.33. The highest BCUT2D eigenvalue weighted by molar-refractivity contribution is 5.66. The molecule has 2 rings (SSSR count). The third-order valence-corrected chi connectivity index (χ3v) is 3.15. The molecule has 6 heteroatoms. The maximum Gasteiger partial charge on any atom is 0.433 e. The van der Waals surface area contributed by atoms with Crippen LogP contribution in [-0.4, -0.2) is 19.1 Å². The van der Waals surface area contributed by atoms with Gasteiger partial charge in [0.2, 0.25) is 0 Å². The Morgan fingerprint density at radius 1 is 1.05 bits per heavy atom. The molecular weight excluding hydrogens is 279 g/mol. The van der Waals surface area contributed by atoms with E-state index in [9.17, 15) is 13.2 Å². The average molecular weight is 295 g/mol. The summed E-state index contributed by atoms with van der Waals surface area (Å²) in [5.41, 5.74) is 7.12. The lowest BCUT2D eigenvalue weighted by atomic mass is 10.0. The van der Waals surface area contributed by atoms with Crippen molar-refractivity contribution in [3.05, 3.63) is 47.7 Å². The van der Waals surface area contributed by atoms with E-state index in [0.717, 1.165) is 11.8 Å². The van der Waals surface area contributed by atoms with Gasteiger partial charge in [0.1, 0.15) is 5.69 Å². The van der Waals surface area contributed by atoms with E-state index in [0.29, 0.717) is 11.1 Å². The van der Waals surface area contributed by atoms with Crippen LogP contribution in [0.5, 0.6) is 0 Å². The van der Waals surface area contributed by atoms with Crippen molar-refractivity contribution in [1.29, 1.82) is 0 Å². The van der Waals surface area contributed by atoms with Gasteiger partial charge in [-0.15, -0.1) is 0 Å². The molecule has 0 amide bonds. The zero-order chi connectivity index (χ0) is 15.6. The number of aromatic nitrogens is 1. The van der Waals surface area contributed by atoms with Crippen molar-refractivity contribution in [3.8, 4) is 11.3 Å². The van der Waals surface area contributed by atoms with Crippen LogP contribution < -0.4 is 10.6 Å². The van der Waals surface area contributed by atoms with Crippen LogP contribution >= 0.6 is 0 Å². The zero-order valence-electron chi connectivity index (χ0n) is 11.8. The van der Waals surface area contributed by atoms with Crippen LogP contribution in [0.2, 0.25) is 0 Å². The predicted octanol–water partition coefficient (Wildman–Crippen LogP) is 3.29. The molecule has 0 saturated heterocycles. The number of pyridine rings is 1. The minimum Gasteiger partial charge on any atom is -0.378 e. The Kier molecular flexibility index (Phi) is 4.18. The Morgan fingerprint density at radius 2 is 1.67 bits per heavy atom. The summed E-state index contributed by atoms with van der Waals surface area (Å²) in [6.45, 7) is 0.135. The van der Waals surface area contributed by atoms with Gasteiger partial charge in [-0.1, -0.05) is 18.2 Å². The molecule has 0 saturated carbocycles. The van der Waals surface area contributed by atoms with Crippen molar-refractivity contribution in [3.63, 3.8) is 0 Å². The largest absolute Gasteiger partial charge is 0.433 e. The number of anilines is 1. The lowest BCUT2D eigenvalue weighted by Crippen LogP contribution is -2.11. The topological polar surface area (TPSA) is 42.2 Å². The number of hydrogen-bond acceptors (Lipinski definition) is 3. The van der Waals surface area contributed by atoms with E-state index in [1.807, 2.05) is 31.1 Å². The quantitative estimate of drug-likeness (QED) is 0.944. The summed E-state index contributed by atoms with van der Waals surface area (Å²) in [4.78, 5) is 5.65. The molecule has 0 aliphatic heterocycles. The third-order valence-electron chi connectivity index (χ3n) is 3.15. The molecule has 0 atom stereocenters. The molecule has 0 bridgehead atoms. The standard InChI is InChI=1S/C15H16F3N3/c1-21(2)12-6-3-10(4-7-12)14-11(9-19)5-8-13(20-14)15(16,17)18/h3-8H,9,19H2,1-2H3. The molecule has 3 nitrogen and oxygen atoms in total. The fraction of sp³-hybridized carbons (Fsp3) is 0.267. The normalized spacial score (nSPS) is 11.5. The lowest BCUT2D eigenvalue weighted by Gasteiger charge is -2.14. The van der Waals surface area contributed by atoms with Crippen LogP contribution in [0.25, 0.3) is 11.3 Å². The van der Waals surface area contributed by atoms with Crippen LogP contribution in [0, 0.1) is 0 Å². The molecule has 0 radical (unpaired) electrons. The second-order valence-electron chi connectivity index (χ2n) is 4.85. The smallest absolute Gasteiger partial charge is 0.378 e. The van der Waals surface area contributed by atoms with Crippen LogP contribution in [-0.2, 0) is 12.7 Å². The van der Waals surface area contributed by atoms with E-state index < -0.39 is 11.9 Å². The van der Waals surface area contributed by atoms with Crippen molar-refractivity contribution in [1.82, 2.24) is 4.98 Å². The van der Waals surface area contributed by atoms with Gasteiger partial charge in [-0.25, -0.2) is 4.98 Å². The fourth-order valence-corrected chi connectivity index (χ4v) is 1.98. The maximum atomic E-state index is 12.8. The summed E-state index contributed by atoms with van der Waals surface area (Å²) in [6.07, 6.45) is -4.47. The molecule has 21 heavy (non-hydrogen) atoms. The highest BCUT2D eigenvalue weighted by atomic mass is 19.4. The molecule has 1 aromatic carbocycles. The Hall–Kier alpha value is -2.08. The Morgan fingerprint density at radius 3 is 2.14 bits per heavy atom. The van der Waals surface area contributed by atoms with Gasteiger partial charge in [0.15, 0.2) is 0 Å². The first-order valence-corrected chi connectivity index (χ1v) is 6.38. The first kappa shape index (κ1) is 15.3. The number of halogens is 3. The average Bonchev–Trinajstić information content (AvgIpc) is 2.45. The van der Waals surface area contributed by atoms with E-state index in [1.54, 1.807) is 12.1 Å². The summed E-state index contributed by atoms with van der Waals surface area (Å²) in [5.74, 6) is 0. The van der Waals surface area contributed by atoms with Crippen LogP contribution in [0.3, 0.4) is 0 Å². The molecular formula is C15H16F3N3. The molecule has 0 aliphatic rings. The van der Waals surface area contributed by atoms with Gasteiger partial charge in [-0.05, 0) is 23.8 Å². The second kappa shape index (κ2) is 5.73. The summed E-state index contributed by atoms with van der Waals surface area (Å²) >= 11 is 0. The van der Waals surface area contributed by atoms with Crippen LogP contribution in [0.4, 0.5) is 18.9 Å². The molecule has 112 valence electrons. The van der Waals surface area contributed by atoms with Gasteiger partial charge in [-0.3, -0.25) is 0 Å². The SMILES string of the molecule is CN(C)c1ccc(-c2nc(C(F)(F)F)ccc2CN)cc1. The fourth-order valence-electron chi connectivity index (χ4n) is 1.98. The van der Waals surface area contributed by atoms with Gasteiger partial charge in [0, 0.05) is 31.9 Å². The molecule has 0 aliphatic carbocycles. The number of rotatable bonds is 3. The van der Waals surface area contributed by atoms with E-state index in [1.165, 1.54) is 6.07 Å². The molecule has 0 fully saturated rings. The second-order valence-corrected chi connectivity index (χ2v) is 4.85. The van der Waals surface area contributed by atoms with Crippen molar-refractivity contribution < 1.29 is 13.2 Å². The Labute approximate surface area is 121 Å². The van der Waals surface area contributed by atoms with Crippen molar-refractivity contribution >= 4 is 5.69 Å². The number of nitrogens with zero attached hydrogens (tertiary/aromatic N) is 2. The molecule has 1 aromatic heterocycles. The summed E-state index contributed by atoms with van der Waals surface area (Å²) in [5, 5.41) is 0. The zero-order valence-corrected chi connectivity index (χ0v) is 11.8. The van der Waals surface area contributed by atoms with E-state index in [-0.39, 0.29) is 12.2 Å². The summed E-state index contributed by atoms with van der Waals surface area (Å²) in [6, 6.07) is 9.49. The van der Waals surface area contributed by atoms with Crippen molar-refractivity contribution in [2.75, 3.05) is 19.0 Å². The van der Waals surface area contributed by atoms with Gasteiger partial charge >= 0.3 is 6.18 Å². The summed E-state index contributed by atoms with van der Waals surface area (Å²) < 4.78 is 38.4. The Balaban J connectivity index is 2.50. The minimum absolute atomic E-state index is 0.135. The van der Waals surface area contributed by atoms with E-state index in [2.05, 4.69) is 4.98 Å². The molecule has 1 heterocycles. The van der Waals surface area contributed by atoms with Crippen LogP contribution in [0.1, 0.15) is 11.3 Å². The van der Waals surface area contributed by atoms with Gasteiger partial charge in [0.05, 0.1) is 5.69 Å². The number of alkyl halides is 3. The predicted molar refractivity (Wildman–Crippen MR) is 76.9 cm³/mol. The van der Waals surface area contributed by atoms with E-state index >= 15 is 0 Å². The highest BCUT2D eigenvalue weighted by Gasteiger charge is 2.33. The first-order chi connectivity index (χ1) is 9.82. The van der Waals surface area contributed by atoms with Crippen molar-refractivity contribution in [2.24, 2.45) is 5.73 Å². The number of hydrogen-bond donors (Lipinski definition) is 1. The number of benzene rings is 1. The molecule has 0 spiro atoms. The van der Waals surface area contributed by atoms with Crippen LogP contribution in [0.15, 0.2) is 36.4 Å². The van der Waals surface area contributed by atoms with Gasteiger partial charge in [-0.2, -0.15) is 13.2 Å². The van der Waals surface area contributed by atoms with E-state index in [4.69, 9.17) is 5.73 Å². The van der Waals surface area contributed by atoms with Crippen molar-refractivity contribution in [2.45, 2.75) is 12.7 Å². The van der Waals surface area contributed by atoms with Gasteiger partial charge < -0.3 is 10.6 Å². The Bertz CT molecular complexity index is 619. The van der Waals surface area contributed by atoms with Gasteiger partial charge in [0.25, 0.3) is 0 Å². The number of nitrogens with two attached hydrogens (primary N) is 1. The monoisotopic (exact) mass is 295 g/mol. The lowest BCUT2D eigenvalue weighted by molar-refractivity contribution is -0.141. The highest BCUT2D eigenvalue weighted by Crippen LogP contribution is 2.31. The first-order valence-electron chi connectivity index (χ1n) is 6.38. The minimum atomic E-state index is -4.47. The molecule has 2 aromatic rings. The molecule has 2 N–H and O–H groups in total.